The van der Waals surface area contributed by atoms with Crippen LogP contribution in [0, 0.1) is 5.82 Å². The Morgan fingerprint density at radius 3 is 2.35 bits per heavy atom. The molecule has 0 spiro atoms. The van der Waals surface area contributed by atoms with E-state index in [2.05, 4.69) is 10.3 Å². The molecule has 1 unspecified atom stereocenters. The summed E-state index contributed by atoms with van der Waals surface area (Å²) in [5.74, 6) is -1.64. The molecule has 0 saturated heterocycles. The lowest BCUT2D eigenvalue weighted by molar-refractivity contribution is -0.136. The first kappa shape index (κ1) is 25.8. The van der Waals surface area contributed by atoms with Gasteiger partial charge in [0.1, 0.15) is 11.3 Å². The molecule has 0 radical (unpaired) electrons. The average Bonchev–Trinajstić information content (AvgIpc) is 2.89. The minimum atomic E-state index is -4.33. The van der Waals surface area contributed by atoms with E-state index in [0.717, 1.165) is 4.68 Å². The first-order chi connectivity index (χ1) is 17.6. The van der Waals surface area contributed by atoms with Crippen molar-refractivity contribution in [2.45, 2.75) is 23.1 Å². The molecular weight excluding hydrogens is 505 g/mol. The van der Waals surface area contributed by atoms with Crippen molar-refractivity contribution in [1.82, 2.24) is 15.0 Å². The number of hydrogen-bond donors (Lipinski definition) is 1. The number of hydrogen-bond acceptors (Lipinski definition) is 8. The number of ether oxygens (including phenoxy) is 2. The van der Waals surface area contributed by atoms with Gasteiger partial charge in [-0.2, -0.15) is 0 Å². The lowest BCUT2D eigenvalue weighted by Crippen LogP contribution is -2.34. The van der Waals surface area contributed by atoms with Gasteiger partial charge in [-0.3, -0.25) is 9.59 Å². The number of rotatable bonds is 9. The van der Waals surface area contributed by atoms with Gasteiger partial charge in [0.25, 0.3) is 5.56 Å². The summed E-state index contributed by atoms with van der Waals surface area (Å²) in [6.07, 6.45) is -0.423. The molecule has 0 bridgehead atoms. The molecule has 37 heavy (non-hydrogen) atoms. The average molecular weight is 528 g/mol. The van der Waals surface area contributed by atoms with E-state index in [-0.39, 0.29) is 22.6 Å². The quantitative estimate of drug-likeness (QED) is 0.348. The molecule has 0 aliphatic rings. The Morgan fingerprint density at radius 1 is 1.03 bits per heavy atom. The molecule has 0 saturated carbocycles. The highest BCUT2D eigenvalue weighted by atomic mass is 32.2. The highest BCUT2D eigenvalue weighted by molar-refractivity contribution is 7.92. The molecule has 0 fully saturated rings. The van der Waals surface area contributed by atoms with Crippen molar-refractivity contribution in [3.05, 3.63) is 76.8 Å². The molecule has 0 aliphatic carbocycles. The maximum absolute atomic E-state index is 14.1. The van der Waals surface area contributed by atoms with Crippen molar-refractivity contribution in [2.75, 3.05) is 14.2 Å². The van der Waals surface area contributed by atoms with E-state index in [0.29, 0.717) is 22.4 Å². The summed E-state index contributed by atoms with van der Waals surface area (Å²) >= 11 is 0. The summed E-state index contributed by atoms with van der Waals surface area (Å²) < 4.78 is 51.3. The molecule has 4 aromatic rings. The number of carboxylic acids is 1. The Labute approximate surface area is 210 Å². The minimum absolute atomic E-state index is 0.0709. The summed E-state index contributed by atoms with van der Waals surface area (Å²) in [6.45, 7) is -0.293. The van der Waals surface area contributed by atoms with Crippen LogP contribution in [-0.4, -0.2) is 54.0 Å². The standard InChI is InChI=1S/C25H22FN3O7S/c1-35-17-6-9-21-19(14-17)24(30)29(28-27-21)12-11-23(25(31)32)37(33,34)18-7-3-15(4-8-18)16-5-10-22(36-2)20(26)13-16/h3-10,13-14,23H,11-12H2,1-2H3,(H,31,32). The number of methoxy groups -OCH3 is 2. The maximum Gasteiger partial charge on any atom is 0.322 e. The van der Waals surface area contributed by atoms with Crippen molar-refractivity contribution in [3.63, 3.8) is 0 Å². The van der Waals surface area contributed by atoms with Crippen LogP contribution in [-0.2, 0) is 21.2 Å². The van der Waals surface area contributed by atoms with Crippen LogP contribution in [0.15, 0.2) is 70.4 Å². The third-order valence-corrected chi connectivity index (χ3v) is 7.97. The van der Waals surface area contributed by atoms with Crippen LogP contribution >= 0.6 is 0 Å². The zero-order valence-electron chi connectivity index (χ0n) is 19.8. The lowest BCUT2D eigenvalue weighted by atomic mass is 10.1. The summed E-state index contributed by atoms with van der Waals surface area (Å²) in [7, 11) is -1.54. The van der Waals surface area contributed by atoms with E-state index in [1.165, 1.54) is 56.7 Å². The number of halogens is 1. The van der Waals surface area contributed by atoms with Gasteiger partial charge in [-0.1, -0.05) is 23.4 Å². The number of carboxylic acid groups (broad SMARTS) is 1. The minimum Gasteiger partial charge on any atom is -0.497 e. The maximum atomic E-state index is 14.1. The third-order valence-electron chi connectivity index (χ3n) is 5.85. The van der Waals surface area contributed by atoms with Gasteiger partial charge in [0.05, 0.1) is 24.5 Å². The first-order valence-electron chi connectivity index (χ1n) is 11.0. The molecule has 1 N–H and O–H groups in total. The van der Waals surface area contributed by atoms with E-state index in [1.807, 2.05) is 0 Å². The first-order valence-corrected chi connectivity index (χ1v) is 12.5. The fourth-order valence-electron chi connectivity index (χ4n) is 3.83. The summed E-state index contributed by atoms with van der Waals surface area (Å²) in [6, 6.07) is 14.4. The van der Waals surface area contributed by atoms with Gasteiger partial charge in [-0.05, 0) is 60.0 Å². The molecule has 1 aromatic heterocycles. The van der Waals surface area contributed by atoms with Gasteiger partial charge >= 0.3 is 5.97 Å². The number of benzene rings is 3. The number of fused-ring (bicyclic) bond motifs is 1. The van der Waals surface area contributed by atoms with E-state index >= 15 is 0 Å². The van der Waals surface area contributed by atoms with Crippen LogP contribution in [0.2, 0.25) is 0 Å². The zero-order chi connectivity index (χ0) is 26.7. The Kier molecular flexibility index (Phi) is 7.21. The van der Waals surface area contributed by atoms with Crippen molar-refractivity contribution in [2.24, 2.45) is 0 Å². The summed E-state index contributed by atoms with van der Waals surface area (Å²) in [4.78, 5) is 24.5. The van der Waals surface area contributed by atoms with Crippen molar-refractivity contribution < 1.29 is 32.2 Å². The molecule has 1 atom stereocenters. The molecule has 12 heteroatoms. The third kappa shape index (κ3) is 5.14. The summed E-state index contributed by atoms with van der Waals surface area (Å²) in [5.41, 5.74) is 0.784. The number of nitrogens with zero attached hydrogens (tertiary/aromatic N) is 3. The number of sulfone groups is 1. The van der Waals surface area contributed by atoms with Crippen molar-refractivity contribution >= 4 is 26.7 Å². The Hall–Kier alpha value is -4.32. The van der Waals surface area contributed by atoms with E-state index in [4.69, 9.17) is 9.47 Å². The summed E-state index contributed by atoms with van der Waals surface area (Å²) in [5, 5.41) is 15.8. The molecule has 3 aromatic carbocycles. The molecule has 4 rings (SSSR count). The second-order valence-corrected chi connectivity index (χ2v) is 10.2. The van der Waals surface area contributed by atoms with Gasteiger partial charge in [0.2, 0.25) is 0 Å². The SMILES string of the molecule is COc1ccc2nnn(CCC(C(=O)O)S(=O)(=O)c3ccc(-c4ccc(OC)c(F)c4)cc3)c(=O)c2c1. The smallest absolute Gasteiger partial charge is 0.322 e. The van der Waals surface area contributed by atoms with E-state index < -0.39 is 38.9 Å². The number of aryl methyl sites for hydroxylation is 1. The molecule has 10 nitrogen and oxygen atoms in total. The predicted octanol–water partition coefficient (Wildman–Crippen LogP) is 2.93. The van der Waals surface area contributed by atoms with Gasteiger partial charge < -0.3 is 14.6 Å². The van der Waals surface area contributed by atoms with Crippen LogP contribution in [0.3, 0.4) is 0 Å². The number of aliphatic carboxylic acids is 1. The fourth-order valence-corrected chi connectivity index (χ4v) is 5.35. The van der Waals surface area contributed by atoms with Gasteiger partial charge in [-0.25, -0.2) is 17.5 Å². The largest absolute Gasteiger partial charge is 0.497 e. The zero-order valence-corrected chi connectivity index (χ0v) is 20.6. The predicted molar refractivity (Wildman–Crippen MR) is 132 cm³/mol. The number of aromatic nitrogens is 3. The number of carbonyl (C=O) groups is 1. The highest BCUT2D eigenvalue weighted by Crippen LogP contribution is 2.28. The Balaban J connectivity index is 1.58. The highest BCUT2D eigenvalue weighted by Gasteiger charge is 2.34. The lowest BCUT2D eigenvalue weighted by Gasteiger charge is -2.15. The molecule has 0 amide bonds. The normalized spacial score (nSPS) is 12.3. The van der Waals surface area contributed by atoms with E-state index in [9.17, 15) is 27.5 Å². The molecule has 0 aliphatic heterocycles. The molecule has 1 heterocycles. The van der Waals surface area contributed by atoms with Crippen LogP contribution < -0.4 is 15.0 Å². The van der Waals surface area contributed by atoms with Crippen LogP contribution in [0.1, 0.15) is 6.42 Å². The van der Waals surface area contributed by atoms with Gasteiger partial charge in [-0.15, -0.1) is 5.10 Å². The van der Waals surface area contributed by atoms with Crippen LogP contribution in [0.25, 0.3) is 22.0 Å². The molecular formula is C25H22FN3O7S. The van der Waals surface area contributed by atoms with E-state index in [1.54, 1.807) is 18.2 Å². The molecule has 192 valence electrons. The van der Waals surface area contributed by atoms with Crippen molar-refractivity contribution in [3.8, 4) is 22.6 Å². The van der Waals surface area contributed by atoms with Crippen molar-refractivity contribution in [1.29, 1.82) is 0 Å². The van der Waals surface area contributed by atoms with Crippen LogP contribution in [0.5, 0.6) is 11.5 Å². The Morgan fingerprint density at radius 2 is 1.73 bits per heavy atom. The second kappa shape index (κ2) is 10.3. The fraction of sp³-hybridized carbons (Fsp3) is 0.200. The Bertz CT molecular complexity index is 1640. The van der Waals surface area contributed by atoms with Gasteiger partial charge in [0.15, 0.2) is 26.7 Å². The monoisotopic (exact) mass is 527 g/mol. The van der Waals surface area contributed by atoms with Crippen LogP contribution in [0.4, 0.5) is 4.39 Å². The van der Waals surface area contributed by atoms with Gasteiger partial charge in [0, 0.05) is 6.54 Å². The second-order valence-electron chi connectivity index (χ2n) is 8.04. The topological polar surface area (TPSA) is 138 Å².